The van der Waals surface area contributed by atoms with Crippen molar-refractivity contribution in [1.82, 2.24) is 0 Å². The van der Waals surface area contributed by atoms with Crippen LogP contribution in [0.4, 0.5) is 0 Å². The number of carbonyl (C=O) groups is 1. The van der Waals surface area contributed by atoms with Crippen molar-refractivity contribution in [3.05, 3.63) is 12.2 Å². The van der Waals surface area contributed by atoms with Crippen molar-refractivity contribution in [3.8, 4) is 0 Å². The van der Waals surface area contributed by atoms with E-state index in [1.54, 1.807) is 0 Å². The normalized spacial score (nSPS) is 34.9. The fraction of sp³-hybridized carbons (Fsp3) is 0.800. The van der Waals surface area contributed by atoms with Gasteiger partial charge in [-0.05, 0) is 37.7 Å². The molecule has 0 aliphatic heterocycles. The zero-order valence-electron chi connectivity index (χ0n) is 10.3. The Morgan fingerprint density at radius 2 is 1.62 bits per heavy atom. The predicted octanol–water partition coefficient (Wildman–Crippen LogP) is 4.27. The largest absolute Gasteiger partial charge is 0.295 e. The highest BCUT2D eigenvalue weighted by molar-refractivity contribution is 5.93. The van der Waals surface area contributed by atoms with Crippen molar-refractivity contribution in [2.24, 2.45) is 11.8 Å². The zero-order valence-corrected chi connectivity index (χ0v) is 10.3. The van der Waals surface area contributed by atoms with E-state index in [-0.39, 0.29) is 0 Å². The Morgan fingerprint density at radius 3 is 2.44 bits per heavy atom. The van der Waals surface area contributed by atoms with Gasteiger partial charge < -0.3 is 0 Å². The molecular formula is C15H24O. The van der Waals surface area contributed by atoms with Crippen LogP contribution in [0.5, 0.6) is 0 Å². The van der Waals surface area contributed by atoms with E-state index < -0.39 is 0 Å². The van der Waals surface area contributed by atoms with Crippen molar-refractivity contribution in [2.75, 3.05) is 0 Å². The lowest BCUT2D eigenvalue weighted by molar-refractivity contribution is -0.116. The van der Waals surface area contributed by atoms with Crippen molar-refractivity contribution < 1.29 is 4.79 Å². The van der Waals surface area contributed by atoms with Crippen LogP contribution in [0.25, 0.3) is 0 Å². The summed E-state index contributed by atoms with van der Waals surface area (Å²) in [5.74, 6) is 1.54. The Morgan fingerprint density at radius 1 is 0.938 bits per heavy atom. The van der Waals surface area contributed by atoms with Crippen LogP contribution in [-0.4, -0.2) is 5.78 Å². The van der Waals surface area contributed by atoms with Crippen LogP contribution in [0, 0.1) is 11.8 Å². The van der Waals surface area contributed by atoms with E-state index in [9.17, 15) is 4.79 Å². The summed E-state index contributed by atoms with van der Waals surface area (Å²) in [5, 5.41) is 0. The summed E-state index contributed by atoms with van der Waals surface area (Å²) in [6.45, 7) is 0. The van der Waals surface area contributed by atoms with Gasteiger partial charge in [-0.15, -0.1) is 0 Å². The molecule has 2 atom stereocenters. The smallest absolute Gasteiger partial charge is 0.158 e. The highest BCUT2D eigenvalue weighted by atomic mass is 16.1. The Bertz CT molecular complexity index is 254. The summed E-state index contributed by atoms with van der Waals surface area (Å²) in [5.41, 5.74) is 0. The fourth-order valence-electron chi connectivity index (χ4n) is 2.79. The van der Waals surface area contributed by atoms with E-state index >= 15 is 0 Å². The molecule has 0 aromatic heterocycles. The minimum atomic E-state index is 0.402. The van der Waals surface area contributed by atoms with Crippen LogP contribution < -0.4 is 0 Å². The molecule has 0 aromatic rings. The van der Waals surface area contributed by atoms with E-state index in [4.69, 9.17) is 0 Å². The molecule has 0 amide bonds. The molecular weight excluding hydrogens is 196 g/mol. The predicted molar refractivity (Wildman–Crippen MR) is 67.3 cm³/mol. The Balaban J connectivity index is 1.78. The van der Waals surface area contributed by atoms with Crippen molar-refractivity contribution in [2.45, 2.75) is 64.2 Å². The molecule has 0 spiro atoms. The number of hydrogen-bond acceptors (Lipinski definition) is 1. The Kier molecular flexibility index (Phi) is 4.62. The summed E-state index contributed by atoms with van der Waals surface area (Å²) >= 11 is 0. The number of rotatable bonds is 0. The highest BCUT2D eigenvalue weighted by Crippen LogP contribution is 2.43. The maximum Gasteiger partial charge on any atom is 0.158 e. The minimum absolute atomic E-state index is 0.402. The van der Waals surface area contributed by atoms with Crippen LogP contribution in [0.15, 0.2) is 12.2 Å². The van der Waals surface area contributed by atoms with E-state index in [0.29, 0.717) is 11.7 Å². The van der Waals surface area contributed by atoms with Crippen LogP contribution in [0.1, 0.15) is 64.2 Å². The average molecular weight is 220 g/mol. The molecule has 0 bridgehead atoms. The lowest BCUT2D eigenvalue weighted by Gasteiger charge is -2.02. The second kappa shape index (κ2) is 6.22. The highest BCUT2D eigenvalue weighted by Gasteiger charge is 2.40. The molecule has 90 valence electrons. The maximum atomic E-state index is 11.7. The molecule has 2 rings (SSSR count). The van der Waals surface area contributed by atoms with Gasteiger partial charge >= 0.3 is 0 Å². The van der Waals surface area contributed by atoms with E-state index in [2.05, 4.69) is 6.08 Å². The average Bonchev–Trinajstić information content (AvgIpc) is 3.04. The van der Waals surface area contributed by atoms with Gasteiger partial charge in [-0.25, -0.2) is 0 Å². The van der Waals surface area contributed by atoms with Gasteiger partial charge in [-0.3, -0.25) is 4.79 Å². The Labute approximate surface area is 99.3 Å². The Hall–Kier alpha value is -0.590. The molecule has 1 heteroatoms. The van der Waals surface area contributed by atoms with Gasteiger partial charge in [0, 0.05) is 5.92 Å². The first kappa shape index (κ1) is 11.9. The molecule has 0 saturated heterocycles. The first-order valence-corrected chi connectivity index (χ1v) is 7.08. The molecule has 1 fully saturated rings. The van der Waals surface area contributed by atoms with Gasteiger partial charge in [0.2, 0.25) is 0 Å². The molecule has 1 saturated carbocycles. The maximum absolute atomic E-state index is 11.7. The summed E-state index contributed by atoms with van der Waals surface area (Å²) in [6, 6.07) is 0. The van der Waals surface area contributed by atoms with Gasteiger partial charge in [0.15, 0.2) is 5.78 Å². The fourth-order valence-corrected chi connectivity index (χ4v) is 2.79. The van der Waals surface area contributed by atoms with Crippen LogP contribution >= 0.6 is 0 Å². The third-order valence-electron chi connectivity index (χ3n) is 4.02. The quantitative estimate of drug-likeness (QED) is 0.595. The van der Waals surface area contributed by atoms with Gasteiger partial charge in [0.05, 0.1) is 0 Å². The van der Waals surface area contributed by atoms with Crippen molar-refractivity contribution >= 4 is 5.78 Å². The van der Waals surface area contributed by atoms with Crippen molar-refractivity contribution in [1.29, 1.82) is 0 Å². The monoisotopic (exact) mass is 220 g/mol. The number of carbonyl (C=O) groups excluding carboxylic acids is 1. The van der Waals surface area contributed by atoms with Gasteiger partial charge in [-0.2, -0.15) is 0 Å². The van der Waals surface area contributed by atoms with Gasteiger partial charge in [0.25, 0.3) is 0 Å². The van der Waals surface area contributed by atoms with Crippen LogP contribution in [0.2, 0.25) is 0 Å². The molecule has 0 heterocycles. The molecule has 0 unspecified atom stereocenters. The van der Waals surface area contributed by atoms with E-state index in [0.717, 1.165) is 12.3 Å². The molecule has 0 radical (unpaired) electrons. The number of fused-ring (bicyclic) bond motifs is 1. The first-order valence-electron chi connectivity index (χ1n) is 7.08. The zero-order chi connectivity index (χ0) is 11.2. The van der Waals surface area contributed by atoms with Crippen LogP contribution in [0.3, 0.4) is 0 Å². The molecule has 2 aliphatic rings. The van der Waals surface area contributed by atoms with Gasteiger partial charge in [0.1, 0.15) is 0 Å². The summed E-state index contributed by atoms with van der Waals surface area (Å²) in [4.78, 5) is 11.7. The van der Waals surface area contributed by atoms with E-state index in [1.807, 2.05) is 6.08 Å². The second-order valence-corrected chi connectivity index (χ2v) is 5.46. The van der Waals surface area contributed by atoms with E-state index in [1.165, 1.54) is 57.8 Å². The third-order valence-corrected chi connectivity index (χ3v) is 4.02. The summed E-state index contributed by atoms with van der Waals surface area (Å²) in [6.07, 6.45) is 17.1. The lowest BCUT2D eigenvalue weighted by atomic mass is 10.0. The SMILES string of the molecule is O=C1/C=C\CCCCCCCCC[C@@H]2C[C@H]12. The van der Waals surface area contributed by atoms with Crippen LogP contribution in [-0.2, 0) is 4.79 Å². The molecule has 1 nitrogen and oxygen atoms in total. The molecule has 16 heavy (non-hydrogen) atoms. The first-order chi connectivity index (χ1) is 7.88. The number of ketones is 1. The lowest BCUT2D eigenvalue weighted by Crippen LogP contribution is -1.98. The minimum Gasteiger partial charge on any atom is -0.295 e. The third kappa shape index (κ3) is 3.77. The molecule has 2 aliphatic carbocycles. The van der Waals surface area contributed by atoms with Crippen molar-refractivity contribution in [3.63, 3.8) is 0 Å². The van der Waals surface area contributed by atoms with Gasteiger partial charge in [-0.1, -0.05) is 44.6 Å². The summed E-state index contributed by atoms with van der Waals surface area (Å²) in [7, 11) is 0. The molecule has 0 N–H and O–H groups in total. The topological polar surface area (TPSA) is 17.1 Å². The number of allylic oxidation sites excluding steroid dienone is 2. The standard InChI is InChI=1S/C15H24O/c16-15-11-9-7-5-3-1-2-4-6-8-10-13-12-14(13)15/h9,11,13-14H,1-8,10,12H2/b11-9-/t13-,14+/m1/s1. The number of hydrogen-bond donors (Lipinski definition) is 0. The molecule has 0 aromatic carbocycles. The second-order valence-electron chi connectivity index (χ2n) is 5.46. The summed E-state index contributed by atoms with van der Waals surface area (Å²) < 4.78 is 0.